The molecule has 1 aromatic rings. The van der Waals surface area contributed by atoms with E-state index in [9.17, 15) is 9.18 Å². The van der Waals surface area contributed by atoms with Crippen molar-refractivity contribution in [3.63, 3.8) is 0 Å². The lowest BCUT2D eigenvalue weighted by molar-refractivity contribution is -0.130. The fourth-order valence-electron chi connectivity index (χ4n) is 4.25. The quantitative estimate of drug-likeness (QED) is 0.802. The zero-order chi connectivity index (χ0) is 14.3. The Morgan fingerprint density at radius 3 is 2.65 bits per heavy atom. The monoisotopic (exact) mass is 296 g/mol. The number of halogens is 2. The van der Waals surface area contributed by atoms with Crippen LogP contribution in [0.15, 0.2) is 6.20 Å². The molecule has 4 rings (SSSR count). The first-order chi connectivity index (χ1) is 9.56. The molecule has 108 valence electrons. The number of carbonyl (C=O) groups excluding carboxylic acids is 1. The Balaban J connectivity index is 1.87. The van der Waals surface area contributed by atoms with Crippen LogP contribution in [0, 0.1) is 29.5 Å². The van der Waals surface area contributed by atoms with Crippen molar-refractivity contribution in [1.29, 1.82) is 0 Å². The number of hydrogen-bond donors (Lipinski definition) is 0. The topological polar surface area (TPSA) is 42.9 Å². The Labute approximate surface area is 123 Å². The van der Waals surface area contributed by atoms with Crippen LogP contribution in [0.2, 0.25) is 5.28 Å². The smallest absolute Gasteiger partial charge is 0.222 e. The maximum atomic E-state index is 13.8. The van der Waals surface area contributed by atoms with Crippen LogP contribution in [-0.2, 0) is 11.2 Å². The van der Waals surface area contributed by atoms with E-state index in [-0.39, 0.29) is 22.9 Å². The SMILES string of the molecule is CC(=O)[C@H]1C2CCC(CC2)[C@@H]1Cc1nc(Cl)ncc1F. The molecule has 3 fully saturated rings. The van der Waals surface area contributed by atoms with Gasteiger partial charge in [0.15, 0.2) is 5.82 Å². The fourth-order valence-corrected chi connectivity index (χ4v) is 4.40. The zero-order valence-electron chi connectivity index (χ0n) is 11.5. The molecule has 1 aromatic heterocycles. The molecule has 3 aliphatic rings. The van der Waals surface area contributed by atoms with Gasteiger partial charge in [0.1, 0.15) is 5.78 Å². The van der Waals surface area contributed by atoms with Crippen LogP contribution in [0.4, 0.5) is 4.39 Å². The lowest BCUT2D eigenvalue weighted by Gasteiger charge is -2.47. The molecule has 0 amide bonds. The van der Waals surface area contributed by atoms with Gasteiger partial charge < -0.3 is 0 Å². The van der Waals surface area contributed by atoms with E-state index >= 15 is 0 Å². The second-order valence-corrected chi connectivity index (χ2v) is 6.45. The predicted octanol–water partition coefficient (Wildman–Crippen LogP) is 3.45. The van der Waals surface area contributed by atoms with E-state index in [0.29, 0.717) is 24.0 Å². The molecule has 3 saturated carbocycles. The molecule has 0 aromatic carbocycles. The average molecular weight is 297 g/mol. The minimum atomic E-state index is -0.418. The molecule has 2 bridgehead atoms. The molecule has 0 spiro atoms. The second-order valence-electron chi connectivity index (χ2n) is 6.11. The van der Waals surface area contributed by atoms with E-state index in [0.717, 1.165) is 31.9 Å². The Morgan fingerprint density at radius 1 is 1.35 bits per heavy atom. The first-order valence-corrected chi connectivity index (χ1v) is 7.61. The first-order valence-electron chi connectivity index (χ1n) is 7.23. The van der Waals surface area contributed by atoms with Crippen LogP contribution < -0.4 is 0 Å². The van der Waals surface area contributed by atoms with E-state index in [1.165, 1.54) is 0 Å². The molecule has 3 aliphatic carbocycles. The van der Waals surface area contributed by atoms with Crippen molar-refractivity contribution < 1.29 is 9.18 Å². The molecular weight excluding hydrogens is 279 g/mol. The molecule has 0 aliphatic heterocycles. The summed E-state index contributed by atoms with van der Waals surface area (Å²) in [5.74, 6) is 1.09. The number of carbonyl (C=O) groups is 1. The molecule has 5 heteroatoms. The van der Waals surface area contributed by atoms with Gasteiger partial charge >= 0.3 is 0 Å². The summed E-state index contributed by atoms with van der Waals surface area (Å²) in [6.45, 7) is 1.67. The Morgan fingerprint density at radius 2 is 2.00 bits per heavy atom. The molecule has 0 radical (unpaired) electrons. The van der Waals surface area contributed by atoms with Crippen molar-refractivity contribution in [2.75, 3.05) is 0 Å². The van der Waals surface area contributed by atoms with Crippen molar-refractivity contribution in [2.45, 2.75) is 39.0 Å². The highest BCUT2D eigenvalue weighted by atomic mass is 35.5. The second kappa shape index (κ2) is 5.40. The number of aromatic nitrogens is 2. The van der Waals surface area contributed by atoms with Crippen molar-refractivity contribution in [1.82, 2.24) is 9.97 Å². The van der Waals surface area contributed by atoms with Crippen LogP contribution in [0.3, 0.4) is 0 Å². The van der Waals surface area contributed by atoms with E-state index in [1.807, 2.05) is 0 Å². The van der Waals surface area contributed by atoms with Gasteiger partial charge in [-0.05, 0) is 68.4 Å². The average Bonchev–Trinajstić information content (AvgIpc) is 2.43. The van der Waals surface area contributed by atoms with Gasteiger partial charge in [-0.1, -0.05) is 0 Å². The molecule has 20 heavy (non-hydrogen) atoms. The van der Waals surface area contributed by atoms with Crippen LogP contribution in [0.1, 0.15) is 38.3 Å². The standard InChI is InChI=1S/C15H18ClFN2O/c1-8(20)14-10-4-2-9(3-5-10)11(14)6-13-12(17)7-18-15(16)19-13/h7,9-11,14H,2-6H2,1H3/t9?,10?,11-,14-/m0/s1. The summed E-state index contributed by atoms with van der Waals surface area (Å²) in [6.07, 6.45) is 6.20. The summed E-state index contributed by atoms with van der Waals surface area (Å²) in [4.78, 5) is 19.6. The van der Waals surface area contributed by atoms with Gasteiger partial charge in [-0.25, -0.2) is 14.4 Å². The highest BCUT2D eigenvalue weighted by Gasteiger charge is 2.45. The van der Waals surface area contributed by atoms with Crippen molar-refractivity contribution in [2.24, 2.45) is 23.7 Å². The van der Waals surface area contributed by atoms with Gasteiger partial charge in [-0.15, -0.1) is 0 Å². The summed E-state index contributed by atoms with van der Waals surface area (Å²) in [5.41, 5.74) is 0.355. The third-order valence-corrected chi connectivity index (χ3v) is 5.26. The lowest BCUT2D eigenvalue weighted by Crippen LogP contribution is -2.44. The Bertz CT molecular complexity index is 529. The molecule has 1 heterocycles. The number of nitrogens with zero attached hydrogens (tertiary/aromatic N) is 2. The zero-order valence-corrected chi connectivity index (χ0v) is 12.2. The number of Topliss-reactive ketones (excluding diaryl/α,β-unsaturated/α-hetero) is 1. The van der Waals surface area contributed by atoms with Gasteiger partial charge in [0.2, 0.25) is 5.28 Å². The van der Waals surface area contributed by atoms with Crippen molar-refractivity contribution in [3.8, 4) is 0 Å². The molecular formula is C15H18ClFN2O. The summed E-state index contributed by atoms with van der Waals surface area (Å²) in [7, 11) is 0. The van der Waals surface area contributed by atoms with E-state index in [1.54, 1.807) is 6.92 Å². The van der Waals surface area contributed by atoms with Gasteiger partial charge in [-0.2, -0.15) is 0 Å². The Hall–Kier alpha value is -1.03. The summed E-state index contributed by atoms with van der Waals surface area (Å²) in [5, 5.41) is 0.0711. The third-order valence-electron chi connectivity index (χ3n) is 5.08. The van der Waals surface area contributed by atoms with Gasteiger partial charge in [0.05, 0.1) is 11.9 Å². The van der Waals surface area contributed by atoms with Crippen LogP contribution in [0.5, 0.6) is 0 Å². The molecule has 2 atom stereocenters. The minimum Gasteiger partial charge on any atom is -0.300 e. The summed E-state index contributed by atoms with van der Waals surface area (Å²) >= 11 is 5.76. The first kappa shape index (κ1) is 13.9. The molecule has 0 unspecified atom stereocenters. The maximum absolute atomic E-state index is 13.8. The van der Waals surface area contributed by atoms with Gasteiger partial charge in [0.25, 0.3) is 0 Å². The van der Waals surface area contributed by atoms with E-state index in [2.05, 4.69) is 9.97 Å². The minimum absolute atomic E-state index is 0.0654. The maximum Gasteiger partial charge on any atom is 0.222 e. The summed E-state index contributed by atoms with van der Waals surface area (Å²) < 4.78 is 13.8. The molecule has 0 N–H and O–H groups in total. The normalized spacial score (nSPS) is 32.4. The van der Waals surface area contributed by atoms with Crippen molar-refractivity contribution in [3.05, 3.63) is 23.0 Å². The van der Waals surface area contributed by atoms with Gasteiger partial charge in [0, 0.05) is 5.92 Å². The van der Waals surface area contributed by atoms with E-state index in [4.69, 9.17) is 11.6 Å². The lowest BCUT2D eigenvalue weighted by atomic mass is 9.56. The summed E-state index contributed by atoms with van der Waals surface area (Å²) in [6, 6.07) is 0. The Kier molecular flexibility index (Phi) is 3.76. The number of fused-ring (bicyclic) bond motifs is 3. The van der Waals surface area contributed by atoms with Gasteiger partial charge in [-0.3, -0.25) is 4.79 Å². The van der Waals surface area contributed by atoms with Crippen LogP contribution in [0.25, 0.3) is 0 Å². The number of ketones is 1. The molecule has 0 saturated heterocycles. The predicted molar refractivity (Wildman–Crippen MR) is 73.8 cm³/mol. The number of hydrogen-bond acceptors (Lipinski definition) is 3. The number of rotatable bonds is 3. The van der Waals surface area contributed by atoms with Crippen molar-refractivity contribution >= 4 is 17.4 Å². The molecule has 3 nitrogen and oxygen atoms in total. The van der Waals surface area contributed by atoms with Crippen LogP contribution >= 0.6 is 11.6 Å². The van der Waals surface area contributed by atoms with E-state index < -0.39 is 5.82 Å². The highest BCUT2D eigenvalue weighted by molar-refractivity contribution is 6.28. The fraction of sp³-hybridized carbons (Fsp3) is 0.667. The third kappa shape index (κ3) is 2.46. The highest BCUT2D eigenvalue weighted by Crippen LogP contribution is 2.50. The largest absolute Gasteiger partial charge is 0.300 e. The van der Waals surface area contributed by atoms with Crippen LogP contribution in [-0.4, -0.2) is 15.8 Å².